The van der Waals surface area contributed by atoms with Crippen LogP contribution in [-0.4, -0.2) is 43.9 Å². The highest BCUT2D eigenvalue weighted by atomic mass is 32.2. The minimum atomic E-state index is 0.958. The molecular formula is C19H32N2S. The lowest BCUT2D eigenvalue weighted by atomic mass is 9.89. The zero-order chi connectivity index (χ0) is 15.5. The molecule has 0 aliphatic heterocycles. The van der Waals surface area contributed by atoms with Crippen LogP contribution in [0.2, 0.25) is 0 Å². The maximum atomic E-state index is 3.58. The summed E-state index contributed by atoms with van der Waals surface area (Å²) in [4.78, 5) is 2.51. The van der Waals surface area contributed by atoms with E-state index in [0.717, 1.165) is 24.8 Å². The molecule has 0 atom stereocenters. The predicted molar refractivity (Wildman–Crippen MR) is 99.5 cm³/mol. The zero-order valence-electron chi connectivity index (χ0n) is 14.1. The van der Waals surface area contributed by atoms with E-state index in [9.17, 15) is 0 Å². The smallest absolute Gasteiger partial charge is 0.0185 e. The van der Waals surface area contributed by atoms with Gasteiger partial charge in [0.15, 0.2) is 0 Å². The highest BCUT2D eigenvalue weighted by Gasteiger charge is 2.14. The Balaban J connectivity index is 1.42. The molecule has 0 aromatic heterocycles. The van der Waals surface area contributed by atoms with E-state index in [1.54, 1.807) is 0 Å². The lowest BCUT2D eigenvalue weighted by molar-refractivity contribution is 0.234. The molecule has 2 rings (SSSR count). The third-order valence-corrected chi connectivity index (χ3v) is 5.53. The van der Waals surface area contributed by atoms with Crippen LogP contribution in [-0.2, 0) is 5.75 Å². The SMILES string of the molecule is CN(CCNCCSCc1ccccc1)CC1CCCCC1. The van der Waals surface area contributed by atoms with Crippen molar-refractivity contribution in [2.75, 3.05) is 39.0 Å². The molecule has 0 unspecified atom stereocenters. The maximum Gasteiger partial charge on any atom is 0.0185 e. The minimum Gasteiger partial charge on any atom is -0.315 e. The minimum absolute atomic E-state index is 0.958. The van der Waals surface area contributed by atoms with E-state index in [-0.39, 0.29) is 0 Å². The fourth-order valence-electron chi connectivity index (χ4n) is 3.21. The number of likely N-dealkylation sites (N-methyl/N-ethyl adjacent to an activating group) is 1. The summed E-state index contributed by atoms with van der Waals surface area (Å²) in [6.07, 6.45) is 7.27. The molecule has 0 bridgehead atoms. The van der Waals surface area contributed by atoms with Gasteiger partial charge in [-0.05, 0) is 31.4 Å². The zero-order valence-corrected chi connectivity index (χ0v) is 14.9. The summed E-state index contributed by atoms with van der Waals surface area (Å²) >= 11 is 2.02. The highest BCUT2D eigenvalue weighted by molar-refractivity contribution is 7.98. The molecule has 2 nitrogen and oxygen atoms in total. The topological polar surface area (TPSA) is 15.3 Å². The van der Waals surface area contributed by atoms with Gasteiger partial charge in [-0.1, -0.05) is 49.6 Å². The van der Waals surface area contributed by atoms with Crippen molar-refractivity contribution >= 4 is 11.8 Å². The quantitative estimate of drug-likeness (QED) is 0.656. The Morgan fingerprint density at radius 1 is 1.09 bits per heavy atom. The molecule has 1 aliphatic carbocycles. The van der Waals surface area contributed by atoms with Crippen molar-refractivity contribution in [1.29, 1.82) is 0 Å². The lowest BCUT2D eigenvalue weighted by Gasteiger charge is -2.27. The normalized spacial score (nSPS) is 16.3. The first kappa shape index (κ1) is 17.8. The Morgan fingerprint density at radius 3 is 2.64 bits per heavy atom. The van der Waals surface area contributed by atoms with E-state index < -0.39 is 0 Å². The lowest BCUT2D eigenvalue weighted by Crippen LogP contribution is -2.34. The van der Waals surface area contributed by atoms with Crippen molar-refractivity contribution in [1.82, 2.24) is 10.2 Å². The first-order valence-electron chi connectivity index (χ1n) is 8.85. The number of nitrogens with one attached hydrogen (secondary N) is 1. The third-order valence-electron chi connectivity index (χ3n) is 4.50. The van der Waals surface area contributed by atoms with Gasteiger partial charge in [0.05, 0.1) is 0 Å². The van der Waals surface area contributed by atoms with Crippen LogP contribution >= 0.6 is 11.8 Å². The first-order chi connectivity index (χ1) is 10.8. The van der Waals surface area contributed by atoms with Crippen LogP contribution in [0.1, 0.15) is 37.7 Å². The van der Waals surface area contributed by atoms with Crippen LogP contribution in [0, 0.1) is 5.92 Å². The second kappa shape index (κ2) is 11.1. The van der Waals surface area contributed by atoms with Gasteiger partial charge in [0.1, 0.15) is 0 Å². The Hall–Kier alpha value is -0.510. The summed E-state index contributed by atoms with van der Waals surface area (Å²) in [5, 5.41) is 3.58. The van der Waals surface area contributed by atoms with Crippen molar-refractivity contribution < 1.29 is 0 Å². The summed E-state index contributed by atoms with van der Waals surface area (Å²) in [5.41, 5.74) is 1.43. The predicted octanol–water partition coefficient (Wildman–Crippen LogP) is 4.02. The van der Waals surface area contributed by atoms with Crippen LogP contribution in [0.5, 0.6) is 0 Å². The number of rotatable bonds is 10. The van der Waals surface area contributed by atoms with Gasteiger partial charge in [0.25, 0.3) is 0 Å². The van der Waals surface area contributed by atoms with Crippen molar-refractivity contribution in [3.8, 4) is 0 Å². The van der Waals surface area contributed by atoms with Crippen molar-refractivity contribution in [2.24, 2.45) is 5.92 Å². The van der Waals surface area contributed by atoms with Gasteiger partial charge < -0.3 is 10.2 Å². The molecule has 1 aromatic carbocycles. The summed E-state index contributed by atoms with van der Waals surface area (Å²) in [7, 11) is 2.28. The van der Waals surface area contributed by atoms with Crippen molar-refractivity contribution in [2.45, 2.75) is 37.9 Å². The summed E-state index contributed by atoms with van der Waals surface area (Å²) in [6, 6.07) is 10.7. The number of benzene rings is 1. The molecule has 1 saturated carbocycles. The maximum absolute atomic E-state index is 3.58. The molecule has 0 amide bonds. The number of nitrogens with zero attached hydrogens (tertiary/aromatic N) is 1. The first-order valence-corrected chi connectivity index (χ1v) is 10.0. The average molecular weight is 321 g/mol. The van der Waals surface area contributed by atoms with E-state index in [0.29, 0.717) is 0 Å². The van der Waals surface area contributed by atoms with E-state index in [4.69, 9.17) is 0 Å². The van der Waals surface area contributed by atoms with Crippen LogP contribution in [0.25, 0.3) is 0 Å². The molecule has 0 spiro atoms. The van der Waals surface area contributed by atoms with Crippen LogP contribution in [0.15, 0.2) is 30.3 Å². The van der Waals surface area contributed by atoms with Crippen molar-refractivity contribution in [3.63, 3.8) is 0 Å². The number of hydrogen-bond acceptors (Lipinski definition) is 3. The molecule has 22 heavy (non-hydrogen) atoms. The average Bonchev–Trinajstić information content (AvgIpc) is 2.56. The summed E-state index contributed by atoms with van der Waals surface area (Å²) in [5.74, 6) is 3.28. The molecule has 1 aliphatic rings. The molecule has 0 radical (unpaired) electrons. The van der Waals surface area contributed by atoms with Crippen molar-refractivity contribution in [3.05, 3.63) is 35.9 Å². The van der Waals surface area contributed by atoms with Gasteiger partial charge in [-0.2, -0.15) is 11.8 Å². The summed E-state index contributed by atoms with van der Waals surface area (Å²) < 4.78 is 0. The van der Waals surface area contributed by atoms with E-state index >= 15 is 0 Å². The van der Waals surface area contributed by atoms with Gasteiger partial charge >= 0.3 is 0 Å². The number of hydrogen-bond donors (Lipinski definition) is 1. The standard InChI is InChI=1S/C19H32N2S/c1-21(16-18-8-4-2-5-9-18)14-12-20-13-15-22-17-19-10-6-3-7-11-19/h3,6-7,10-11,18,20H,2,4-5,8-9,12-17H2,1H3. The second-order valence-electron chi connectivity index (χ2n) is 6.55. The molecule has 1 N–H and O–H groups in total. The molecular weight excluding hydrogens is 288 g/mol. The fourth-order valence-corrected chi connectivity index (χ4v) is 4.07. The van der Waals surface area contributed by atoms with E-state index in [1.807, 2.05) is 11.8 Å². The Morgan fingerprint density at radius 2 is 1.86 bits per heavy atom. The third kappa shape index (κ3) is 7.66. The van der Waals surface area contributed by atoms with Gasteiger partial charge in [0, 0.05) is 37.7 Å². The van der Waals surface area contributed by atoms with E-state index in [1.165, 1.54) is 56.5 Å². The van der Waals surface area contributed by atoms with Crippen LogP contribution < -0.4 is 5.32 Å². The second-order valence-corrected chi connectivity index (χ2v) is 7.66. The largest absolute Gasteiger partial charge is 0.315 e. The molecule has 1 fully saturated rings. The number of thioether (sulfide) groups is 1. The Bertz CT molecular complexity index is 376. The molecule has 0 heterocycles. The van der Waals surface area contributed by atoms with E-state index in [2.05, 4.69) is 47.6 Å². The van der Waals surface area contributed by atoms with Crippen LogP contribution in [0.4, 0.5) is 0 Å². The summed E-state index contributed by atoms with van der Waals surface area (Å²) in [6.45, 7) is 4.72. The molecule has 3 heteroatoms. The van der Waals surface area contributed by atoms with Crippen LogP contribution in [0.3, 0.4) is 0 Å². The van der Waals surface area contributed by atoms with Gasteiger partial charge in [-0.15, -0.1) is 0 Å². The monoisotopic (exact) mass is 320 g/mol. The van der Waals surface area contributed by atoms with Gasteiger partial charge in [0.2, 0.25) is 0 Å². The molecule has 0 saturated heterocycles. The molecule has 124 valence electrons. The highest BCUT2D eigenvalue weighted by Crippen LogP contribution is 2.23. The molecule has 1 aromatic rings. The Labute approximate surface area is 141 Å². The fraction of sp³-hybridized carbons (Fsp3) is 0.684. The van der Waals surface area contributed by atoms with Gasteiger partial charge in [-0.3, -0.25) is 0 Å². The van der Waals surface area contributed by atoms with Gasteiger partial charge in [-0.25, -0.2) is 0 Å². The Kier molecular flexibility index (Phi) is 8.99.